The van der Waals surface area contributed by atoms with E-state index in [0.29, 0.717) is 6.41 Å². The third-order valence-electron chi connectivity index (χ3n) is 4.93. The van der Waals surface area contributed by atoms with Crippen LogP contribution >= 0.6 is 34.7 Å². The lowest BCUT2D eigenvalue weighted by atomic mass is 10.0. The predicted molar refractivity (Wildman–Crippen MR) is 134 cm³/mol. The highest BCUT2D eigenvalue weighted by Gasteiger charge is 2.57. The Hall–Kier alpha value is -2.95. The number of ether oxygens (including phenoxy) is 1. The van der Waals surface area contributed by atoms with Crippen LogP contribution in [-0.4, -0.2) is 91.3 Å². The van der Waals surface area contributed by atoms with Crippen LogP contribution in [0.5, 0.6) is 0 Å². The molecule has 3 amide bonds. The monoisotopic (exact) mass is 576 g/mol. The maximum absolute atomic E-state index is 13.1. The van der Waals surface area contributed by atoms with Crippen LogP contribution in [0.4, 0.5) is 5.13 Å². The molecule has 1 aromatic heterocycles. The van der Waals surface area contributed by atoms with Crippen molar-refractivity contribution >= 4 is 75.7 Å². The highest BCUT2D eigenvalue weighted by atomic mass is 35.5. The number of rotatable bonds is 10. The Morgan fingerprint density at radius 1 is 1.46 bits per heavy atom. The summed E-state index contributed by atoms with van der Waals surface area (Å²) in [6.45, 7) is 4.86. The number of halogens is 1. The second-order valence-electron chi connectivity index (χ2n) is 9.06. The summed E-state index contributed by atoms with van der Waals surface area (Å²) in [6.07, 6.45) is -1.21. The molecule has 2 saturated heterocycles. The van der Waals surface area contributed by atoms with Crippen LogP contribution in [0.3, 0.4) is 0 Å². The number of hydrogen-bond acceptors (Lipinski definition) is 12. The van der Waals surface area contributed by atoms with E-state index in [0.717, 1.165) is 23.1 Å². The number of nitrogens with zero attached hydrogens (tertiary/aromatic N) is 3. The number of anilines is 1. The maximum atomic E-state index is 13.1. The molecule has 3 unspecified atom stereocenters. The summed E-state index contributed by atoms with van der Waals surface area (Å²) in [5, 5.41) is 19.1. The molecule has 202 valence electrons. The summed E-state index contributed by atoms with van der Waals surface area (Å²) >= 11 is 8.23. The van der Waals surface area contributed by atoms with Gasteiger partial charge < -0.3 is 30.2 Å². The molecular formula is C20H25ClN6O8S2. The van der Waals surface area contributed by atoms with Gasteiger partial charge in [-0.05, 0) is 20.8 Å². The summed E-state index contributed by atoms with van der Waals surface area (Å²) in [7, 11) is 0. The van der Waals surface area contributed by atoms with E-state index in [2.05, 4.69) is 20.8 Å². The van der Waals surface area contributed by atoms with E-state index in [9.17, 15) is 29.1 Å². The number of carboxylic acids is 1. The molecule has 14 nitrogen and oxygen atoms in total. The standard InChI is InChI=1S/C20H25ClN6O8S2/c1-19(2,3)34-11(29)4-10(22)35-26-12(9-5-36-18(24-9)23-8-28)14(30)25-13-15(31)27-6-20(21,17(32)33)7-37-16(13)27/h5,8,10,13,16H,4,6-7,22H2,1-3H3,(H,25,30)(H,32,33)(H,23,24,28)/t10?,13?,16-,20?/m1/s1. The molecule has 2 aliphatic rings. The Labute approximate surface area is 224 Å². The van der Waals surface area contributed by atoms with Gasteiger partial charge in [-0.15, -0.1) is 34.7 Å². The second kappa shape index (κ2) is 11.2. The number of fused-ring (bicyclic) bond motifs is 1. The zero-order chi connectivity index (χ0) is 27.5. The van der Waals surface area contributed by atoms with E-state index in [1.54, 1.807) is 20.8 Å². The van der Waals surface area contributed by atoms with E-state index in [4.69, 9.17) is 26.9 Å². The number of alkyl halides is 1. The second-order valence-corrected chi connectivity index (χ2v) is 11.8. The van der Waals surface area contributed by atoms with Crippen molar-refractivity contribution in [2.75, 3.05) is 17.6 Å². The number of aliphatic carboxylic acids is 1. The molecule has 0 saturated carbocycles. The topological polar surface area (TPSA) is 203 Å². The molecule has 3 heterocycles. The molecule has 17 heteroatoms. The summed E-state index contributed by atoms with van der Waals surface area (Å²) in [5.74, 6) is -3.20. The lowest BCUT2D eigenvalue weighted by Gasteiger charge is -2.52. The number of thiazole rings is 1. The first-order valence-electron chi connectivity index (χ1n) is 10.8. The molecule has 37 heavy (non-hydrogen) atoms. The van der Waals surface area contributed by atoms with Crippen molar-refractivity contribution in [1.82, 2.24) is 15.2 Å². The Morgan fingerprint density at radius 2 is 2.16 bits per heavy atom. The minimum Gasteiger partial charge on any atom is -0.480 e. The number of esters is 1. The number of amides is 3. The number of aromatic nitrogens is 1. The van der Waals surface area contributed by atoms with Crippen LogP contribution in [0.1, 0.15) is 32.9 Å². The van der Waals surface area contributed by atoms with Gasteiger partial charge in [-0.2, -0.15) is 0 Å². The Balaban J connectivity index is 1.72. The Kier molecular flexibility index (Phi) is 8.66. The number of carboxylic acid groups (broad SMARTS) is 1. The molecule has 0 radical (unpaired) electrons. The van der Waals surface area contributed by atoms with Gasteiger partial charge in [0, 0.05) is 11.1 Å². The lowest BCUT2D eigenvalue weighted by molar-refractivity contribution is -0.158. The summed E-state index contributed by atoms with van der Waals surface area (Å²) in [4.78, 5) is 68.8. The van der Waals surface area contributed by atoms with Gasteiger partial charge in [0.15, 0.2) is 21.9 Å². The molecule has 3 rings (SSSR count). The number of hydrogen-bond donors (Lipinski definition) is 4. The molecule has 0 aromatic carbocycles. The average Bonchev–Trinajstić information content (AvgIpc) is 3.24. The molecule has 0 spiro atoms. The van der Waals surface area contributed by atoms with Crippen molar-refractivity contribution in [3.63, 3.8) is 0 Å². The number of oxime groups is 1. The van der Waals surface area contributed by atoms with Gasteiger partial charge >= 0.3 is 11.9 Å². The highest BCUT2D eigenvalue weighted by molar-refractivity contribution is 8.00. The fourth-order valence-corrected chi connectivity index (χ4v) is 5.65. The first kappa shape index (κ1) is 28.6. The number of carbonyl (C=O) groups is 5. The minimum absolute atomic E-state index is 0.0156. The Morgan fingerprint density at radius 3 is 2.78 bits per heavy atom. The molecule has 4 atom stereocenters. The normalized spacial score (nSPS) is 24.3. The zero-order valence-electron chi connectivity index (χ0n) is 19.9. The average molecular weight is 577 g/mol. The van der Waals surface area contributed by atoms with E-state index in [1.807, 2.05) is 0 Å². The molecule has 5 N–H and O–H groups in total. The van der Waals surface area contributed by atoms with Crippen LogP contribution in [0.15, 0.2) is 10.5 Å². The summed E-state index contributed by atoms with van der Waals surface area (Å²) < 4.78 is 5.17. The van der Waals surface area contributed by atoms with Crippen molar-refractivity contribution in [3.05, 3.63) is 11.1 Å². The van der Waals surface area contributed by atoms with Gasteiger partial charge in [-0.1, -0.05) is 5.16 Å². The number of nitrogens with one attached hydrogen (secondary N) is 2. The fourth-order valence-electron chi connectivity index (χ4n) is 3.29. The number of β-lactam (4-membered cyclic amide) rings is 1. The first-order valence-corrected chi connectivity index (χ1v) is 13.1. The number of nitrogens with two attached hydrogens (primary N) is 1. The molecule has 2 fully saturated rings. The van der Waals surface area contributed by atoms with Gasteiger partial charge in [0.2, 0.25) is 12.3 Å². The Bertz CT molecular complexity index is 1120. The quantitative estimate of drug-likeness (QED) is 0.0551. The van der Waals surface area contributed by atoms with Crippen molar-refractivity contribution in [2.24, 2.45) is 10.9 Å². The highest BCUT2D eigenvalue weighted by Crippen LogP contribution is 2.41. The van der Waals surface area contributed by atoms with Gasteiger partial charge in [0.25, 0.3) is 5.91 Å². The van der Waals surface area contributed by atoms with Crippen LogP contribution in [0.25, 0.3) is 0 Å². The summed E-state index contributed by atoms with van der Waals surface area (Å²) in [6, 6.07) is -0.973. The largest absolute Gasteiger partial charge is 0.480 e. The molecule has 2 aliphatic heterocycles. The molecule has 0 aliphatic carbocycles. The van der Waals surface area contributed by atoms with Gasteiger partial charge in [-0.3, -0.25) is 29.7 Å². The van der Waals surface area contributed by atoms with Crippen LogP contribution < -0.4 is 16.4 Å². The zero-order valence-corrected chi connectivity index (χ0v) is 22.3. The third-order valence-corrected chi connectivity index (χ3v) is 7.80. The van der Waals surface area contributed by atoms with Crippen molar-refractivity contribution in [1.29, 1.82) is 0 Å². The van der Waals surface area contributed by atoms with Gasteiger partial charge in [0.1, 0.15) is 22.7 Å². The van der Waals surface area contributed by atoms with E-state index < -0.39 is 51.9 Å². The summed E-state index contributed by atoms with van der Waals surface area (Å²) in [5.41, 5.74) is 4.73. The number of thioether (sulfide) groups is 1. The van der Waals surface area contributed by atoms with Gasteiger partial charge in [-0.25, -0.2) is 4.98 Å². The van der Waals surface area contributed by atoms with Gasteiger partial charge in [0.05, 0.1) is 13.0 Å². The van der Waals surface area contributed by atoms with Crippen LogP contribution in [0.2, 0.25) is 0 Å². The van der Waals surface area contributed by atoms with Crippen molar-refractivity contribution in [2.45, 2.75) is 55.3 Å². The predicted octanol–water partition coefficient (Wildman–Crippen LogP) is -0.0892. The van der Waals surface area contributed by atoms with Crippen LogP contribution in [0, 0.1) is 0 Å². The maximum Gasteiger partial charge on any atom is 0.327 e. The fraction of sp³-hybridized carbons (Fsp3) is 0.550. The van der Waals surface area contributed by atoms with E-state index in [1.165, 1.54) is 10.3 Å². The molecular weight excluding hydrogens is 552 g/mol. The molecule has 1 aromatic rings. The number of carbonyl (C=O) groups excluding carboxylic acids is 4. The van der Waals surface area contributed by atoms with E-state index >= 15 is 0 Å². The minimum atomic E-state index is -1.61. The molecule has 0 bridgehead atoms. The third kappa shape index (κ3) is 6.88. The van der Waals surface area contributed by atoms with Crippen molar-refractivity contribution < 1.29 is 38.7 Å². The van der Waals surface area contributed by atoms with Crippen molar-refractivity contribution in [3.8, 4) is 0 Å². The SMILES string of the molecule is CC(C)(C)OC(=O)CC(N)ON=C(C(=O)NC1C(=O)N2CC(Cl)(C(=O)O)CS[C@H]12)c1csc(NC=O)n1. The first-order chi connectivity index (χ1) is 17.2. The van der Waals surface area contributed by atoms with Crippen LogP contribution in [-0.2, 0) is 33.5 Å². The van der Waals surface area contributed by atoms with E-state index in [-0.39, 0.29) is 35.3 Å². The smallest absolute Gasteiger partial charge is 0.327 e. The lowest BCUT2D eigenvalue weighted by Crippen LogP contribution is -2.74.